The van der Waals surface area contributed by atoms with Crippen LogP contribution in [0.5, 0.6) is 11.5 Å². The van der Waals surface area contributed by atoms with Gasteiger partial charge in [-0.05, 0) is 18.5 Å². The van der Waals surface area contributed by atoms with Gasteiger partial charge >= 0.3 is 0 Å². The van der Waals surface area contributed by atoms with E-state index in [-0.39, 0.29) is 22.4 Å². The van der Waals surface area contributed by atoms with Crippen molar-refractivity contribution >= 4 is 11.6 Å². The maximum Gasteiger partial charge on any atom is 0.208 e. The predicted molar refractivity (Wildman–Crippen MR) is 62.0 cm³/mol. The van der Waals surface area contributed by atoms with E-state index >= 15 is 0 Å². The van der Waals surface area contributed by atoms with E-state index in [2.05, 4.69) is 0 Å². The minimum Gasteiger partial charge on any atom is -0.493 e. The third kappa shape index (κ3) is 2.23. The second-order valence-corrected chi connectivity index (χ2v) is 3.87. The average molecular weight is 248 g/mol. The molecule has 0 radical (unpaired) electrons. The summed E-state index contributed by atoms with van der Waals surface area (Å²) < 4.78 is 23.8. The molecule has 0 bridgehead atoms. The summed E-state index contributed by atoms with van der Waals surface area (Å²) in [6, 6.07) is 1.62. The fourth-order valence-corrected chi connectivity index (χ4v) is 1.77. The Morgan fingerprint density at radius 1 is 1.38 bits per heavy atom. The zero-order valence-electron chi connectivity index (χ0n) is 9.51. The van der Waals surface area contributed by atoms with Crippen molar-refractivity contribution in [1.29, 1.82) is 0 Å². The lowest BCUT2D eigenvalue weighted by Crippen LogP contribution is -2.11. The van der Waals surface area contributed by atoms with Gasteiger partial charge in [0.2, 0.25) is 5.82 Å². The van der Waals surface area contributed by atoms with Crippen molar-refractivity contribution in [2.45, 2.75) is 12.8 Å². The Morgan fingerprint density at radius 2 is 1.94 bits per heavy atom. The van der Waals surface area contributed by atoms with Crippen molar-refractivity contribution in [3.8, 4) is 11.5 Å². The predicted octanol–water partition coefficient (Wildman–Crippen LogP) is 2.56. The molecule has 1 aromatic carbocycles. The van der Waals surface area contributed by atoms with Crippen LogP contribution in [-0.2, 0) is 0 Å². The smallest absolute Gasteiger partial charge is 0.208 e. The van der Waals surface area contributed by atoms with Crippen LogP contribution in [0, 0.1) is 5.82 Å². The van der Waals surface area contributed by atoms with Gasteiger partial charge < -0.3 is 15.2 Å². The van der Waals surface area contributed by atoms with Crippen molar-refractivity contribution in [2.24, 2.45) is 5.73 Å². The Bertz CT molecular complexity index is 385. The molecule has 1 aromatic rings. The lowest BCUT2D eigenvalue weighted by molar-refractivity contribution is 0.346. The molecule has 16 heavy (non-hydrogen) atoms. The fraction of sp³-hybridized carbons (Fsp3) is 0.455. The van der Waals surface area contributed by atoms with E-state index in [1.807, 2.05) is 6.92 Å². The molecule has 3 nitrogen and oxygen atoms in total. The number of rotatable bonds is 4. The number of halogens is 2. The molecule has 0 aliphatic carbocycles. The summed E-state index contributed by atoms with van der Waals surface area (Å²) in [6.07, 6.45) is 0. The van der Waals surface area contributed by atoms with Crippen LogP contribution in [0.4, 0.5) is 4.39 Å². The van der Waals surface area contributed by atoms with Crippen LogP contribution < -0.4 is 15.2 Å². The van der Waals surface area contributed by atoms with E-state index in [1.54, 1.807) is 6.07 Å². The Hall–Kier alpha value is -1.00. The van der Waals surface area contributed by atoms with Crippen LogP contribution in [0.2, 0.25) is 5.02 Å². The van der Waals surface area contributed by atoms with E-state index in [1.165, 1.54) is 14.2 Å². The molecule has 0 amide bonds. The van der Waals surface area contributed by atoms with E-state index < -0.39 is 5.82 Å². The van der Waals surface area contributed by atoms with Crippen molar-refractivity contribution in [3.63, 3.8) is 0 Å². The Balaban J connectivity index is 3.40. The summed E-state index contributed by atoms with van der Waals surface area (Å²) in [5.74, 6) is -0.494. The first-order valence-corrected chi connectivity index (χ1v) is 5.24. The maximum atomic E-state index is 13.9. The standard InChI is InChI=1S/C11H15ClFNO2/c1-6(5-14)7-4-8(12)11(16-3)9(13)10(7)15-2/h4,6H,5,14H2,1-3H3. The number of hydrogen-bond acceptors (Lipinski definition) is 3. The minimum atomic E-state index is -0.590. The normalized spacial score (nSPS) is 12.4. The number of hydrogen-bond donors (Lipinski definition) is 1. The van der Waals surface area contributed by atoms with Crippen LogP contribution in [0.25, 0.3) is 0 Å². The fourth-order valence-electron chi connectivity index (χ4n) is 1.49. The second-order valence-electron chi connectivity index (χ2n) is 3.46. The van der Waals surface area contributed by atoms with Crippen LogP contribution in [0.1, 0.15) is 18.4 Å². The monoisotopic (exact) mass is 247 g/mol. The number of methoxy groups -OCH3 is 2. The second kappa shape index (κ2) is 5.37. The highest BCUT2D eigenvalue weighted by Crippen LogP contribution is 2.39. The molecule has 0 fully saturated rings. The number of nitrogens with two attached hydrogens (primary N) is 1. The third-order valence-corrected chi connectivity index (χ3v) is 2.73. The molecule has 0 saturated heterocycles. The SMILES string of the molecule is COc1c(Cl)cc(C(C)CN)c(OC)c1F. The molecule has 0 aromatic heterocycles. The minimum absolute atomic E-state index is 0.00788. The van der Waals surface area contributed by atoms with E-state index in [0.29, 0.717) is 12.1 Å². The Morgan fingerprint density at radius 3 is 2.38 bits per heavy atom. The summed E-state index contributed by atoms with van der Waals surface area (Å²) >= 11 is 5.90. The van der Waals surface area contributed by atoms with Gasteiger partial charge in [-0.15, -0.1) is 0 Å². The van der Waals surface area contributed by atoms with E-state index in [4.69, 9.17) is 26.8 Å². The van der Waals surface area contributed by atoms with E-state index in [0.717, 1.165) is 0 Å². The van der Waals surface area contributed by atoms with Crippen LogP contribution >= 0.6 is 11.6 Å². The van der Waals surface area contributed by atoms with Crippen molar-refractivity contribution in [2.75, 3.05) is 20.8 Å². The van der Waals surface area contributed by atoms with Crippen molar-refractivity contribution in [1.82, 2.24) is 0 Å². The molecule has 90 valence electrons. The number of ether oxygens (including phenoxy) is 2. The summed E-state index contributed by atoms with van der Waals surface area (Å²) in [4.78, 5) is 0. The van der Waals surface area contributed by atoms with Gasteiger partial charge in [0.25, 0.3) is 0 Å². The van der Waals surface area contributed by atoms with Gasteiger partial charge in [-0.25, -0.2) is 0 Å². The molecule has 2 N–H and O–H groups in total. The van der Waals surface area contributed by atoms with Gasteiger partial charge in [0.15, 0.2) is 11.5 Å². The third-order valence-electron chi connectivity index (χ3n) is 2.45. The van der Waals surface area contributed by atoms with Crippen LogP contribution in [0.15, 0.2) is 6.07 Å². The molecule has 0 aliphatic rings. The van der Waals surface area contributed by atoms with Crippen LogP contribution in [0.3, 0.4) is 0 Å². The largest absolute Gasteiger partial charge is 0.493 e. The first-order valence-electron chi connectivity index (χ1n) is 4.86. The summed E-state index contributed by atoms with van der Waals surface area (Å²) in [5, 5.41) is 0.219. The van der Waals surface area contributed by atoms with Gasteiger partial charge in [0.05, 0.1) is 19.2 Å². The van der Waals surface area contributed by atoms with Gasteiger partial charge in [0.1, 0.15) is 0 Å². The molecule has 0 spiro atoms. The maximum absolute atomic E-state index is 13.9. The van der Waals surface area contributed by atoms with Gasteiger partial charge in [-0.1, -0.05) is 18.5 Å². The highest BCUT2D eigenvalue weighted by molar-refractivity contribution is 6.32. The molecular formula is C11H15ClFNO2. The number of benzene rings is 1. The molecule has 0 aliphatic heterocycles. The van der Waals surface area contributed by atoms with Crippen LogP contribution in [-0.4, -0.2) is 20.8 Å². The topological polar surface area (TPSA) is 44.5 Å². The lowest BCUT2D eigenvalue weighted by atomic mass is 9.99. The highest BCUT2D eigenvalue weighted by atomic mass is 35.5. The Kier molecular flexibility index (Phi) is 4.38. The summed E-state index contributed by atoms with van der Waals surface area (Å²) in [6.45, 7) is 2.26. The first kappa shape index (κ1) is 13.1. The molecule has 0 heterocycles. The van der Waals surface area contributed by atoms with Crippen molar-refractivity contribution < 1.29 is 13.9 Å². The zero-order chi connectivity index (χ0) is 12.3. The molecule has 1 unspecified atom stereocenters. The van der Waals surface area contributed by atoms with Gasteiger partial charge in [-0.3, -0.25) is 0 Å². The first-order chi connectivity index (χ1) is 7.56. The summed E-state index contributed by atoms with van der Waals surface area (Å²) in [5.41, 5.74) is 6.19. The molecule has 1 atom stereocenters. The highest BCUT2D eigenvalue weighted by Gasteiger charge is 2.21. The van der Waals surface area contributed by atoms with Gasteiger partial charge in [-0.2, -0.15) is 4.39 Å². The Labute approximate surface area is 99.3 Å². The summed E-state index contributed by atoms with van der Waals surface area (Å²) in [7, 11) is 2.76. The quantitative estimate of drug-likeness (QED) is 0.889. The molecule has 5 heteroatoms. The lowest BCUT2D eigenvalue weighted by Gasteiger charge is -2.17. The van der Waals surface area contributed by atoms with Gasteiger partial charge in [0, 0.05) is 5.56 Å². The van der Waals surface area contributed by atoms with Crippen molar-refractivity contribution in [3.05, 3.63) is 22.5 Å². The van der Waals surface area contributed by atoms with E-state index in [9.17, 15) is 4.39 Å². The zero-order valence-corrected chi connectivity index (χ0v) is 10.3. The molecular weight excluding hydrogens is 233 g/mol. The molecule has 1 rings (SSSR count). The molecule has 0 saturated carbocycles. The average Bonchev–Trinajstić information content (AvgIpc) is 2.28.